The normalized spacial score (nSPS) is 11.1. The lowest BCUT2D eigenvalue weighted by Crippen LogP contribution is -1.98. The summed E-state index contributed by atoms with van der Waals surface area (Å²) < 4.78 is 21.0. The van der Waals surface area contributed by atoms with Crippen molar-refractivity contribution >= 4 is 22.4 Å². The fourth-order valence-electron chi connectivity index (χ4n) is 4.15. The van der Waals surface area contributed by atoms with Gasteiger partial charge in [0.15, 0.2) is 0 Å². The maximum Gasteiger partial charge on any atom is 0.137 e. The molecular weight excluding hydrogens is 445 g/mol. The Morgan fingerprint density at radius 2 is 1.68 bits per heavy atom. The second-order valence-corrected chi connectivity index (χ2v) is 9.18. The van der Waals surface area contributed by atoms with Crippen molar-refractivity contribution < 1.29 is 9.13 Å². The highest BCUT2D eigenvalue weighted by Gasteiger charge is 2.10. The van der Waals surface area contributed by atoms with Crippen molar-refractivity contribution in [3.8, 4) is 17.0 Å². The number of ether oxygens (including phenoxy) is 1. The summed E-state index contributed by atoms with van der Waals surface area (Å²) in [6.07, 6.45) is 9.27. The third-order valence-electron chi connectivity index (χ3n) is 6.18. The molecule has 0 N–H and O–H groups in total. The van der Waals surface area contributed by atoms with Gasteiger partial charge in [-0.25, -0.2) is 4.39 Å². The smallest absolute Gasteiger partial charge is 0.137 e. The van der Waals surface area contributed by atoms with E-state index in [1.807, 2.05) is 66.7 Å². The first kappa shape index (κ1) is 24.2. The van der Waals surface area contributed by atoms with E-state index in [1.54, 1.807) is 6.20 Å². The second kappa shape index (κ2) is 12.0. The van der Waals surface area contributed by atoms with Crippen molar-refractivity contribution in [3.05, 3.63) is 94.9 Å². The molecule has 0 unspecified atom stereocenters. The van der Waals surface area contributed by atoms with E-state index in [1.165, 1.54) is 25.7 Å². The van der Waals surface area contributed by atoms with Gasteiger partial charge in [0.2, 0.25) is 0 Å². The Labute approximate surface area is 206 Å². The van der Waals surface area contributed by atoms with Crippen LogP contribution >= 0.6 is 11.6 Å². The van der Waals surface area contributed by atoms with Gasteiger partial charge in [-0.1, -0.05) is 80.6 Å². The van der Waals surface area contributed by atoms with E-state index in [0.717, 1.165) is 53.0 Å². The van der Waals surface area contributed by atoms with E-state index < -0.39 is 0 Å². The predicted octanol–water partition coefficient (Wildman–Crippen LogP) is 8.83. The average molecular weight is 476 g/mol. The molecule has 4 heteroatoms. The summed E-state index contributed by atoms with van der Waals surface area (Å²) in [6, 6.07) is 21.3. The Balaban J connectivity index is 1.40. The minimum absolute atomic E-state index is 0.145. The molecule has 0 amide bonds. The van der Waals surface area contributed by atoms with Crippen LogP contribution in [0.25, 0.3) is 22.0 Å². The van der Waals surface area contributed by atoms with Crippen molar-refractivity contribution in [2.45, 2.75) is 51.9 Å². The summed E-state index contributed by atoms with van der Waals surface area (Å²) >= 11 is 5.95. The van der Waals surface area contributed by atoms with Crippen LogP contribution in [0.4, 0.5) is 4.39 Å². The first-order valence-electron chi connectivity index (χ1n) is 12.2. The first-order chi connectivity index (χ1) is 16.6. The molecule has 0 saturated carbocycles. The Morgan fingerprint density at radius 3 is 2.44 bits per heavy atom. The molecular formula is C30H31ClFNO. The lowest BCUT2D eigenvalue weighted by atomic mass is 9.98. The number of benzene rings is 3. The third-order valence-corrected chi connectivity index (χ3v) is 6.43. The maximum absolute atomic E-state index is 15.2. The minimum atomic E-state index is -0.145. The quantitative estimate of drug-likeness (QED) is 0.202. The molecule has 0 aliphatic carbocycles. The van der Waals surface area contributed by atoms with Crippen molar-refractivity contribution in [1.82, 2.24) is 4.98 Å². The molecule has 0 atom stereocenters. The Kier molecular flexibility index (Phi) is 8.54. The monoisotopic (exact) mass is 475 g/mol. The third kappa shape index (κ3) is 6.36. The van der Waals surface area contributed by atoms with Gasteiger partial charge in [-0.05, 0) is 66.1 Å². The van der Waals surface area contributed by atoms with E-state index in [4.69, 9.17) is 16.3 Å². The first-order valence-corrected chi connectivity index (χ1v) is 12.6. The van der Waals surface area contributed by atoms with E-state index in [0.29, 0.717) is 16.8 Å². The largest absolute Gasteiger partial charge is 0.492 e. The fourth-order valence-corrected chi connectivity index (χ4v) is 4.28. The van der Waals surface area contributed by atoms with Gasteiger partial charge >= 0.3 is 0 Å². The van der Waals surface area contributed by atoms with Gasteiger partial charge in [-0.15, -0.1) is 0 Å². The molecule has 1 heterocycles. The number of hydrogen-bond donors (Lipinski definition) is 0. The number of hydrogen-bond acceptors (Lipinski definition) is 2. The fraction of sp³-hybridized carbons (Fsp3) is 0.300. The number of unbranched alkanes of at least 4 members (excludes halogenated alkanes) is 4. The van der Waals surface area contributed by atoms with Gasteiger partial charge < -0.3 is 4.74 Å². The van der Waals surface area contributed by atoms with Gasteiger partial charge in [0, 0.05) is 16.0 Å². The van der Waals surface area contributed by atoms with Gasteiger partial charge in [-0.2, -0.15) is 0 Å². The van der Waals surface area contributed by atoms with E-state index in [9.17, 15) is 0 Å². The zero-order valence-corrected chi connectivity index (χ0v) is 20.5. The second-order valence-electron chi connectivity index (χ2n) is 8.74. The molecule has 0 fully saturated rings. The molecule has 0 aliphatic rings. The molecule has 0 bridgehead atoms. The zero-order valence-electron chi connectivity index (χ0n) is 19.7. The van der Waals surface area contributed by atoms with Crippen LogP contribution in [-0.2, 0) is 12.8 Å². The van der Waals surface area contributed by atoms with Crippen LogP contribution in [0.5, 0.6) is 5.75 Å². The van der Waals surface area contributed by atoms with Crippen LogP contribution in [0.3, 0.4) is 0 Å². The Bertz CT molecular complexity index is 1210. The highest BCUT2D eigenvalue weighted by molar-refractivity contribution is 6.30. The maximum atomic E-state index is 15.2. The van der Waals surface area contributed by atoms with Gasteiger partial charge in [0.1, 0.15) is 11.6 Å². The van der Waals surface area contributed by atoms with Crippen molar-refractivity contribution in [1.29, 1.82) is 0 Å². The molecule has 0 saturated heterocycles. The van der Waals surface area contributed by atoms with Gasteiger partial charge in [-0.3, -0.25) is 4.98 Å². The molecule has 0 radical (unpaired) electrons. The van der Waals surface area contributed by atoms with Crippen LogP contribution in [0.1, 0.15) is 50.2 Å². The summed E-state index contributed by atoms with van der Waals surface area (Å²) in [5.41, 5.74) is 3.69. The van der Waals surface area contributed by atoms with Crippen LogP contribution < -0.4 is 4.74 Å². The standard InChI is InChI=1S/C30H31ClFNO/c1-2-3-4-5-6-19-34-27-16-18-29(33-21-27)25-13-17-28-24(20-25)12-11-23(30(28)32)10-7-22-8-14-26(31)15-9-22/h8-9,11-18,20-21H,2-7,10,19H2,1H3. The number of halogens is 2. The number of nitrogens with zero attached hydrogens (tertiary/aromatic N) is 1. The van der Waals surface area contributed by atoms with Crippen LogP contribution in [0.2, 0.25) is 5.02 Å². The van der Waals surface area contributed by atoms with E-state index >= 15 is 4.39 Å². The highest BCUT2D eigenvalue weighted by Crippen LogP contribution is 2.28. The van der Waals surface area contributed by atoms with Gasteiger partial charge in [0.25, 0.3) is 0 Å². The minimum Gasteiger partial charge on any atom is -0.492 e. The molecule has 0 spiro atoms. The molecule has 1 aromatic heterocycles. The van der Waals surface area contributed by atoms with Crippen molar-refractivity contribution in [3.63, 3.8) is 0 Å². The molecule has 4 rings (SSSR count). The molecule has 2 nitrogen and oxygen atoms in total. The summed E-state index contributed by atoms with van der Waals surface area (Å²) in [7, 11) is 0. The summed E-state index contributed by atoms with van der Waals surface area (Å²) in [5.74, 6) is 0.644. The average Bonchev–Trinajstić information content (AvgIpc) is 2.87. The molecule has 4 aromatic rings. The predicted molar refractivity (Wildman–Crippen MR) is 140 cm³/mol. The Morgan fingerprint density at radius 1 is 0.853 bits per heavy atom. The number of fused-ring (bicyclic) bond motifs is 1. The molecule has 176 valence electrons. The Hall–Kier alpha value is -2.91. The lowest BCUT2D eigenvalue weighted by molar-refractivity contribution is 0.303. The number of rotatable bonds is 11. The van der Waals surface area contributed by atoms with Crippen LogP contribution in [-0.4, -0.2) is 11.6 Å². The van der Waals surface area contributed by atoms with Crippen LogP contribution in [0.15, 0.2) is 72.9 Å². The lowest BCUT2D eigenvalue weighted by Gasteiger charge is -2.10. The summed E-state index contributed by atoms with van der Waals surface area (Å²) in [5, 5.41) is 2.23. The number of aromatic nitrogens is 1. The number of pyridine rings is 1. The molecule has 0 aliphatic heterocycles. The topological polar surface area (TPSA) is 22.1 Å². The highest BCUT2D eigenvalue weighted by atomic mass is 35.5. The molecule has 34 heavy (non-hydrogen) atoms. The zero-order chi connectivity index (χ0) is 23.8. The van der Waals surface area contributed by atoms with E-state index in [-0.39, 0.29) is 5.82 Å². The van der Waals surface area contributed by atoms with Crippen molar-refractivity contribution in [2.75, 3.05) is 6.61 Å². The van der Waals surface area contributed by atoms with Crippen molar-refractivity contribution in [2.24, 2.45) is 0 Å². The summed E-state index contributed by atoms with van der Waals surface area (Å²) in [6.45, 7) is 2.94. The summed E-state index contributed by atoms with van der Waals surface area (Å²) in [4.78, 5) is 4.57. The molecule has 3 aromatic carbocycles. The van der Waals surface area contributed by atoms with E-state index in [2.05, 4.69) is 11.9 Å². The van der Waals surface area contributed by atoms with Gasteiger partial charge in [0.05, 0.1) is 18.5 Å². The SMILES string of the molecule is CCCCCCCOc1ccc(-c2ccc3c(F)c(CCc4ccc(Cl)cc4)ccc3c2)nc1. The van der Waals surface area contributed by atoms with Crippen LogP contribution in [0, 0.1) is 5.82 Å². The number of aryl methyl sites for hydroxylation is 2.